The first-order valence-corrected chi connectivity index (χ1v) is 11.2. The van der Waals surface area contributed by atoms with Gasteiger partial charge in [-0.1, -0.05) is 19.1 Å². The molecule has 0 aliphatic carbocycles. The maximum atomic E-state index is 13.0. The van der Waals surface area contributed by atoms with Gasteiger partial charge >= 0.3 is 6.09 Å². The molecule has 2 heterocycles. The second-order valence-corrected chi connectivity index (χ2v) is 9.57. The van der Waals surface area contributed by atoms with E-state index in [4.69, 9.17) is 9.47 Å². The van der Waals surface area contributed by atoms with Gasteiger partial charge in [0.1, 0.15) is 11.3 Å². The van der Waals surface area contributed by atoms with E-state index in [-0.39, 0.29) is 24.0 Å². The van der Waals surface area contributed by atoms with Gasteiger partial charge in [-0.05, 0) is 40.5 Å². The SMILES string of the molecule is CCC(C)N1CC(C)C(CN(C)C(=O)OC(C)(C)C)OCc2cn(nn2)CCCC1=O. The van der Waals surface area contributed by atoms with Crippen molar-refractivity contribution in [3.05, 3.63) is 11.9 Å². The van der Waals surface area contributed by atoms with Gasteiger partial charge in [0, 0.05) is 38.5 Å². The van der Waals surface area contributed by atoms with Gasteiger partial charge in [-0.2, -0.15) is 0 Å². The number of fused-ring (bicyclic) bond motifs is 2. The van der Waals surface area contributed by atoms with Crippen molar-refractivity contribution in [1.82, 2.24) is 24.8 Å². The summed E-state index contributed by atoms with van der Waals surface area (Å²) in [4.78, 5) is 29.0. The Morgan fingerprint density at radius 3 is 2.77 bits per heavy atom. The fourth-order valence-electron chi connectivity index (χ4n) is 3.50. The number of likely N-dealkylation sites (N-methyl/N-ethyl adjacent to an activating group) is 1. The molecule has 3 unspecified atom stereocenters. The van der Waals surface area contributed by atoms with E-state index in [2.05, 4.69) is 31.1 Å². The Bertz CT molecular complexity index is 730. The van der Waals surface area contributed by atoms with Crippen molar-refractivity contribution in [2.24, 2.45) is 5.92 Å². The summed E-state index contributed by atoms with van der Waals surface area (Å²) >= 11 is 0. The molecule has 0 radical (unpaired) electrons. The third-order valence-corrected chi connectivity index (χ3v) is 5.53. The normalized spacial score (nSPS) is 22.2. The minimum absolute atomic E-state index is 0.0126. The predicted molar refractivity (Wildman–Crippen MR) is 117 cm³/mol. The molecule has 9 nitrogen and oxygen atoms in total. The minimum Gasteiger partial charge on any atom is -0.444 e. The van der Waals surface area contributed by atoms with Gasteiger partial charge in [-0.15, -0.1) is 5.10 Å². The number of aromatic nitrogens is 3. The highest BCUT2D eigenvalue weighted by molar-refractivity contribution is 5.76. The molecule has 2 bridgehead atoms. The Labute approximate surface area is 186 Å². The summed E-state index contributed by atoms with van der Waals surface area (Å²) in [7, 11) is 1.71. The van der Waals surface area contributed by atoms with Crippen LogP contribution in [0.25, 0.3) is 0 Å². The van der Waals surface area contributed by atoms with Gasteiger partial charge in [0.15, 0.2) is 0 Å². The van der Waals surface area contributed by atoms with E-state index in [9.17, 15) is 9.59 Å². The van der Waals surface area contributed by atoms with Crippen LogP contribution in [-0.4, -0.2) is 74.7 Å². The summed E-state index contributed by atoms with van der Waals surface area (Å²) in [6, 6.07) is 0.140. The minimum atomic E-state index is -0.569. The van der Waals surface area contributed by atoms with Crippen LogP contribution in [0.15, 0.2) is 6.20 Å². The summed E-state index contributed by atoms with van der Waals surface area (Å²) in [6.45, 7) is 13.6. The molecule has 0 spiro atoms. The number of hydrogen-bond donors (Lipinski definition) is 0. The van der Waals surface area contributed by atoms with E-state index in [1.807, 2.05) is 31.9 Å². The lowest BCUT2D eigenvalue weighted by Crippen LogP contribution is -2.47. The summed E-state index contributed by atoms with van der Waals surface area (Å²) in [5, 5.41) is 8.30. The second-order valence-electron chi connectivity index (χ2n) is 9.57. The standard InChI is InChI=1S/C22H39N5O4/c1-8-17(3)27-12-16(2)19(14-25(7)21(29)31-22(4,5)6)30-15-18-13-26(24-23-18)11-9-10-20(27)28/h13,16-17,19H,8-12,14-15H2,1-7H3. The van der Waals surface area contributed by atoms with E-state index < -0.39 is 11.7 Å². The number of nitrogens with zero attached hydrogens (tertiary/aromatic N) is 5. The molecular formula is C22H39N5O4. The first-order chi connectivity index (χ1) is 14.5. The Morgan fingerprint density at radius 1 is 1.42 bits per heavy atom. The van der Waals surface area contributed by atoms with Crippen molar-refractivity contribution >= 4 is 12.0 Å². The summed E-state index contributed by atoms with van der Waals surface area (Å²) in [5.41, 5.74) is 0.169. The summed E-state index contributed by atoms with van der Waals surface area (Å²) in [6.07, 6.45) is 3.24. The van der Waals surface area contributed by atoms with Crippen molar-refractivity contribution in [2.45, 2.75) is 91.7 Å². The third-order valence-electron chi connectivity index (χ3n) is 5.53. The van der Waals surface area contributed by atoms with Gasteiger partial charge in [-0.3, -0.25) is 9.48 Å². The third kappa shape index (κ3) is 7.79. The molecule has 3 atom stereocenters. The van der Waals surface area contributed by atoms with Crippen molar-refractivity contribution in [2.75, 3.05) is 20.1 Å². The second kappa shape index (κ2) is 10.9. The highest BCUT2D eigenvalue weighted by atomic mass is 16.6. The summed E-state index contributed by atoms with van der Waals surface area (Å²) < 4.78 is 13.5. The van der Waals surface area contributed by atoms with Crippen molar-refractivity contribution in [1.29, 1.82) is 0 Å². The van der Waals surface area contributed by atoms with E-state index in [0.29, 0.717) is 39.1 Å². The molecular weight excluding hydrogens is 398 g/mol. The van der Waals surface area contributed by atoms with Crippen molar-refractivity contribution < 1.29 is 19.1 Å². The molecule has 0 fully saturated rings. The molecule has 1 aromatic rings. The molecule has 1 aliphatic rings. The van der Waals surface area contributed by atoms with Crippen LogP contribution in [0.3, 0.4) is 0 Å². The molecule has 2 rings (SSSR count). The average molecular weight is 438 g/mol. The van der Waals surface area contributed by atoms with Crippen LogP contribution in [0.1, 0.15) is 66.5 Å². The smallest absolute Gasteiger partial charge is 0.410 e. The van der Waals surface area contributed by atoms with Gasteiger partial charge in [-0.25, -0.2) is 4.79 Å². The lowest BCUT2D eigenvalue weighted by Gasteiger charge is -2.35. The monoisotopic (exact) mass is 437 g/mol. The number of hydrogen-bond acceptors (Lipinski definition) is 6. The molecule has 0 N–H and O–H groups in total. The molecule has 176 valence electrons. The maximum absolute atomic E-state index is 13.0. The largest absolute Gasteiger partial charge is 0.444 e. The fourth-order valence-corrected chi connectivity index (χ4v) is 3.50. The number of carbonyl (C=O) groups excluding carboxylic acids is 2. The topological polar surface area (TPSA) is 89.8 Å². The number of rotatable bonds is 4. The molecule has 1 aromatic heterocycles. The molecule has 1 aliphatic heterocycles. The van der Waals surface area contributed by atoms with Gasteiger partial charge in [0.05, 0.1) is 25.5 Å². The molecule has 0 aromatic carbocycles. The van der Waals surface area contributed by atoms with Crippen molar-refractivity contribution in [3.8, 4) is 0 Å². The van der Waals surface area contributed by atoms with E-state index in [1.165, 1.54) is 4.90 Å². The lowest BCUT2D eigenvalue weighted by molar-refractivity contribution is -0.135. The maximum Gasteiger partial charge on any atom is 0.410 e. The van der Waals surface area contributed by atoms with Crippen LogP contribution in [0, 0.1) is 5.92 Å². The lowest BCUT2D eigenvalue weighted by atomic mass is 10.0. The molecule has 9 heteroatoms. The van der Waals surface area contributed by atoms with Gasteiger partial charge in [0.25, 0.3) is 0 Å². The Hall–Kier alpha value is -2.16. The molecule has 31 heavy (non-hydrogen) atoms. The number of carbonyl (C=O) groups is 2. The zero-order valence-electron chi connectivity index (χ0n) is 20.1. The van der Waals surface area contributed by atoms with Crippen LogP contribution >= 0.6 is 0 Å². The van der Waals surface area contributed by atoms with E-state index >= 15 is 0 Å². The highest BCUT2D eigenvalue weighted by Gasteiger charge is 2.29. The summed E-state index contributed by atoms with van der Waals surface area (Å²) in [5.74, 6) is 0.152. The first kappa shape index (κ1) is 25.1. The average Bonchev–Trinajstić information content (AvgIpc) is 3.14. The Morgan fingerprint density at radius 2 is 2.13 bits per heavy atom. The van der Waals surface area contributed by atoms with Crippen molar-refractivity contribution in [3.63, 3.8) is 0 Å². The van der Waals surface area contributed by atoms with Crippen LogP contribution in [0.2, 0.25) is 0 Å². The molecule has 0 saturated carbocycles. The zero-order chi connectivity index (χ0) is 23.2. The Kier molecular flexibility index (Phi) is 8.85. The van der Waals surface area contributed by atoms with E-state index in [1.54, 1.807) is 11.7 Å². The number of aryl methyl sites for hydroxylation is 1. The van der Waals surface area contributed by atoms with Crippen LogP contribution in [0.4, 0.5) is 4.79 Å². The quantitative estimate of drug-likeness (QED) is 0.719. The molecule has 2 amide bonds. The van der Waals surface area contributed by atoms with E-state index in [0.717, 1.165) is 12.1 Å². The van der Waals surface area contributed by atoms with Gasteiger partial charge < -0.3 is 19.3 Å². The zero-order valence-corrected chi connectivity index (χ0v) is 20.1. The predicted octanol–water partition coefficient (Wildman–Crippen LogP) is 3.09. The Balaban J connectivity index is 2.21. The fraction of sp³-hybridized carbons (Fsp3) is 0.818. The first-order valence-electron chi connectivity index (χ1n) is 11.2. The number of amides is 2. The van der Waals surface area contributed by atoms with Crippen LogP contribution < -0.4 is 0 Å². The molecule has 0 saturated heterocycles. The van der Waals surface area contributed by atoms with Gasteiger partial charge in [0.2, 0.25) is 5.91 Å². The number of ether oxygens (including phenoxy) is 2. The van der Waals surface area contributed by atoms with Crippen LogP contribution in [-0.2, 0) is 27.4 Å². The van der Waals surface area contributed by atoms with Crippen LogP contribution in [0.5, 0.6) is 0 Å². The highest BCUT2D eigenvalue weighted by Crippen LogP contribution is 2.19.